The second-order valence-corrected chi connectivity index (χ2v) is 6.15. The van der Waals surface area contributed by atoms with Crippen molar-refractivity contribution in [3.8, 4) is 11.5 Å². The van der Waals surface area contributed by atoms with E-state index in [1.165, 1.54) is 0 Å². The number of para-hydroxylation sites is 1. The number of methoxy groups -OCH3 is 2. The number of rotatable bonds is 5. The second-order valence-electron chi connectivity index (χ2n) is 6.15. The van der Waals surface area contributed by atoms with Gasteiger partial charge in [-0.2, -0.15) is 0 Å². The Bertz CT molecular complexity index is 935. The number of carbonyl (C=O) groups excluding carboxylic acids is 1. The van der Waals surface area contributed by atoms with Crippen LogP contribution in [0, 0.1) is 5.92 Å². The van der Waals surface area contributed by atoms with Crippen LogP contribution in [0.2, 0.25) is 0 Å². The Morgan fingerprint density at radius 2 is 2.12 bits per heavy atom. The van der Waals surface area contributed by atoms with Crippen molar-refractivity contribution in [2.75, 3.05) is 19.5 Å². The third kappa shape index (κ3) is 2.80. The second kappa shape index (κ2) is 6.12. The monoisotopic (exact) mass is 337 g/mol. The number of carbonyl (C=O) groups is 1. The van der Waals surface area contributed by atoms with E-state index < -0.39 is 0 Å². The van der Waals surface area contributed by atoms with Crippen LogP contribution in [0.25, 0.3) is 11.0 Å². The smallest absolute Gasteiger partial charge is 0.228 e. The summed E-state index contributed by atoms with van der Waals surface area (Å²) in [6, 6.07) is 11.4. The lowest BCUT2D eigenvalue weighted by Gasteiger charge is -2.10. The lowest BCUT2D eigenvalue weighted by molar-refractivity contribution is -0.117. The van der Waals surface area contributed by atoms with E-state index in [1.807, 2.05) is 36.4 Å². The minimum Gasteiger partial charge on any atom is -0.497 e. The number of amides is 1. The van der Waals surface area contributed by atoms with E-state index in [9.17, 15) is 4.79 Å². The maximum absolute atomic E-state index is 12.7. The number of anilines is 1. The number of H-pyrrole nitrogens is 1. The average Bonchev–Trinajstić information content (AvgIpc) is 3.30. The zero-order valence-electron chi connectivity index (χ0n) is 14.1. The Labute approximate surface area is 145 Å². The molecule has 1 saturated carbocycles. The van der Waals surface area contributed by atoms with Crippen LogP contribution in [-0.4, -0.2) is 30.1 Å². The molecule has 0 bridgehead atoms. The zero-order chi connectivity index (χ0) is 17.4. The van der Waals surface area contributed by atoms with Gasteiger partial charge in [-0.15, -0.1) is 0 Å². The molecule has 0 unspecified atom stereocenters. The number of nitrogens with one attached hydrogen (secondary N) is 2. The Morgan fingerprint density at radius 1 is 1.24 bits per heavy atom. The summed E-state index contributed by atoms with van der Waals surface area (Å²) in [6.07, 6.45) is 2.42. The first-order valence-electron chi connectivity index (χ1n) is 8.16. The molecular formula is C19H19N3O3. The van der Waals surface area contributed by atoms with Crippen LogP contribution in [0.15, 0.2) is 42.7 Å². The van der Waals surface area contributed by atoms with Crippen LogP contribution >= 0.6 is 0 Å². The molecule has 1 heterocycles. The molecule has 0 aliphatic heterocycles. The summed E-state index contributed by atoms with van der Waals surface area (Å²) in [5.74, 6) is 1.63. The molecule has 4 rings (SSSR count). The van der Waals surface area contributed by atoms with Crippen LogP contribution < -0.4 is 14.8 Å². The van der Waals surface area contributed by atoms with Crippen molar-refractivity contribution in [3.05, 3.63) is 48.3 Å². The first-order chi connectivity index (χ1) is 12.2. The van der Waals surface area contributed by atoms with Gasteiger partial charge in [-0.25, -0.2) is 4.98 Å². The van der Waals surface area contributed by atoms with Crippen molar-refractivity contribution in [1.29, 1.82) is 0 Å². The van der Waals surface area contributed by atoms with E-state index in [4.69, 9.17) is 9.47 Å². The number of nitrogens with zero attached hydrogens (tertiary/aromatic N) is 1. The highest BCUT2D eigenvalue weighted by atomic mass is 16.5. The predicted molar refractivity (Wildman–Crippen MR) is 95.1 cm³/mol. The zero-order valence-corrected chi connectivity index (χ0v) is 14.1. The highest BCUT2D eigenvalue weighted by Crippen LogP contribution is 2.51. The van der Waals surface area contributed by atoms with Crippen LogP contribution in [0.5, 0.6) is 11.5 Å². The molecular weight excluding hydrogens is 318 g/mol. The van der Waals surface area contributed by atoms with Crippen LogP contribution in [-0.2, 0) is 4.79 Å². The summed E-state index contributed by atoms with van der Waals surface area (Å²) < 4.78 is 10.7. The molecule has 6 heteroatoms. The molecule has 2 N–H and O–H groups in total. The number of aromatic amines is 1. The molecule has 1 aromatic heterocycles. The third-order valence-corrected chi connectivity index (χ3v) is 4.67. The highest BCUT2D eigenvalue weighted by Gasteiger charge is 2.45. The van der Waals surface area contributed by atoms with Crippen molar-refractivity contribution >= 4 is 22.6 Å². The van der Waals surface area contributed by atoms with Gasteiger partial charge in [-0.05, 0) is 36.8 Å². The molecule has 3 aromatic rings. The summed E-state index contributed by atoms with van der Waals surface area (Å²) in [5, 5.41) is 3.01. The van der Waals surface area contributed by atoms with Crippen LogP contribution in [0.1, 0.15) is 17.9 Å². The summed E-state index contributed by atoms with van der Waals surface area (Å²) in [4.78, 5) is 20.0. The standard InChI is InChI=1S/C19H19N3O3/c1-24-11-6-7-17(25-2)13(8-11)12-9-14(12)19(23)22-16-5-3-4-15-18(16)21-10-20-15/h3-8,10,12,14H,9H2,1-2H3,(H,20,21)(H,22,23)/t12-,14+/m1/s1. The number of hydrogen-bond donors (Lipinski definition) is 2. The fourth-order valence-electron chi connectivity index (χ4n) is 3.25. The van der Waals surface area contributed by atoms with Crippen molar-refractivity contribution in [2.24, 2.45) is 5.92 Å². The average molecular weight is 337 g/mol. The summed E-state index contributed by atoms with van der Waals surface area (Å²) in [5.41, 5.74) is 3.42. The topological polar surface area (TPSA) is 76.2 Å². The number of aromatic nitrogens is 2. The van der Waals surface area contributed by atoms with E-state index in [0.29, 0.717) is 0 Å². The number of benzene rings is 2. The molecule has 1 aliphatic rings. The Kier molecular flexibility index (Phi) is 3.80. The Hall–Kier alpha value is -3.02. The van der Waals surface area contributed by atoms with Gasteiger partial charge in [0, 0.05) is 17.4 Å². The highest BCUT2D eigenvalue weighted by molar-refractivity contribution is 6.01. The molecule has 0 spiro atoms. The molecule has 2 atom stereocenters. The maximum Gasteiger partial charge on any atom is 0.228 e. The van der Waals surface area contributed by atoms with Gasteiger partial charge in [0.15, 0.2) is 0 Å². The largest absolute Gasteiger partial charge is 0.497 e. The summed E-state index contributed by atoms with van der Waals surface area (Å²) in [7, 11) is 3.27. The van der Waals surface area contributed by atoms with E-state index in [2.05, 4.69) is 15.3 Å². The molecule has 0 radical (unpaired) electrons. The molecule has 1 aliphatic carbocycles. The Balaban J connectivity index is 1.53. The van der Waals surface area contributed by atoms with Gasteiger partial charge < -0.3 is 19.8 Å². The van der Waals surface area contributed by atoms with Crippen LogP contribution in [0.3, 0.4) is 0 Å². The van der Waals surface area contributed by atoms with E-state index in [-0.39, 0.29) is 17.7 Å². The summed E-state index contributed by atoms with van der Waals surface area (Å²) in [6.45, 7) is 0. The predicted octanol–water partition coefficient (Wildman–Crippen LogP) is 3.32. The minimum atomic E-state index is -0.0739. The fourth-order valence-corrected chi connectivity index (χ4v) is 3.25. The molecule has 1 amide bonds. The van der Waals surface area contributed by atoms with Crippen molar-refractivity contribution < 1.29 is 14.3 Å². The number of ether oxygens (including phenoxy) is 2. The van der Waals surface area contributed by atoms with Gasteiger partial charge in [0.2, 0.25) is 5.91 Å². The van der Waals surface area contributed by atoms with Gasteiger partial charge >= 0.3 is 0 Å². The molecule has 2 aromatic carbocycles. The van der Waals surface area contributed by atoms with Gasteiger partial charge in [-0.3, -0.25) is 4.79 Å². The molecule has 128 valence electrons. The summed E-state index contributed by atoms with van der Waals surface area (Å²) >= 11 is 0. The normalized spacial score (nSPS) is 18.8. The van der Waals surface area contributed by atoms with E-state index >= 15 is 0 Å². The first-order valence-corrected chi connectivity index (χ1v) is 8.16. The molecule has 6 nitrogen and oxygen atoms in total. The minimum absolute atomic E-state index is 0.00497. The quantitative estimate of drug-likeness (QED) is 0.749. The fraction of sp³-hybridized carbons (Fsp3) is 0.263. The van der Waals surface area contributed by atoms with Crippen molar-refractivity contribution in [1.82, 2.24) is 9.97 Å². The first kappa shape index (κ1) is 15.5. The lowest BCUT2D eigenvalue weighted by atomic mass is 10.1. The SMILES string of the molecule is COc1ccc(OC)c([C@H]2C[C@@H]2C(=O)Nc2cccc3[nH]cnc23)c1. The lowest BCUT2D eigenvalue weighted by Crippen LogP contribution is -2.15. The van der Waals surface area contributed by atoms with Crippen molar-refractivity contribution in [2.45, 2.75) is 12.3 Å². The molecule has 0 saturated heterocycles. The number of imidazole rings is 1. The van der Waals surface area contributed by atoms with Crippen molar-refractivity contribution in [3.63, 3.8) is 0 Å². The van der Waals surface area contributed by atoms with E-state index in [1.54, 1.807) is 20.5 Å². The maximum atomic E-state index is 12.7. The number of hydrogen-bond acceptors (Lipinski definition) is 4. The third-order valence-electron chi connectivity index (χ3n) is 4.67. The van der Waals surface area contributed by atoms with E-state index in [0.717, 1.165) is 40.2 Å². The van der Waals surface area contributed by atoms with Crippen LogP contribution in [0.4, 0.5) is 5.69 Å². The van der Waals surface area contributed by atoms with Gasteiger partial charge in [0.25, 0.3) is 0 Å². The molecule has 1 fully saturated rings. The molecule has 25 heavy (non-hydrogen) atoms. The Morgan fingerprint density at radius 3 is 2.92 bits per heavy atom. The number of fused-ring (bicyclic) bond motifs is 1. The van der Waals surface area contributed by atoms with Gasteiger partial charge in [0.1, 0.15) is 17.0 Å². The van der Waals surface area contributed by atoms with Gasteiger partial charge in [0.05, 0.1) is 31.8 Å². The van der Waals surface area contributed by atoms with Gasteiger partial charge in [-0.1, -0.05) is 6.07 Å².